The summed E-state index contributed by atoms with van der Waals surface area (Å²) in [7, 11) is 0. The lowest BCUT2D eigenvalue weighted by molar-refractivity contribution is -0.390. The second-order valence-corrected chi connectivity index (χ2v) is 13.9. The van der Waals surface area contributed by atoms with E-state index >= 15 is 0 Å². The Hall–Kier alpha value is -0.880. The highest BCUT2D eigenvalue weighted by atomic mass is 16.8. The second-order valence-electron chi connectivity index (χ2n) is 13.9. The van der Waals surface area contributed by atoms with E-state index in [2.05, 4.69) is 0 Å². The summed E-state index contributed by atoms with van der Waals surface area (Å²) < 4.78 is 50.3. The summed E-state index contributed by atoms with van der Waals surface area (Å²) in [4.78, 5) is 0. The fourth-order valence-electron chi connectivity index (χ4n) is 6.79. The van der Waals surface area contributed by atoms with E-state index in [-0.39, 0.29) is 0 Å². The maximum absolute atomic E-state index is 11.3. The van der Waals surface area contributed by atoms with E-state index in [1.165, 1.54) is 27.7 Å². The Kier molecular flexibility index (Phi) is 13.9. The van der Waals surface area contributed by atoms with E-state index < -0.39 is 160 Å². The standard InChI is InChI=1S/C30H52O22/c1-6-11(32)15(36)18(39)27(44-6)50-23-12(33)8(3)46-29(20(23)41)52-25-14(35)9(4)47-30(21(25)42)51-24-13(34)7(2)45-28(19(24)40)49-22-10(5-31)48-26(43)17(38)16(22)37/h6-43H,5H2,1-4H3/t6-,7-,8-,9-,10+,11-,12-,13-,14-,15+,16+,17+,18+,19+,20+,21+,22+,23+,24+,25+,26+,27-,28-,29-,30-/m0/s1. The molecule has 5 fully saturated rings. The zero-order valence-electron chi connectivity index (χ0n) is 28.6. The summed E-state index contributed by atoms with van der Waals surface area (Å²) in [6.07, 6.45) is -39.8. The van der Waals surface area contributed by atoms with Crippen LogP contribution in [0.1, 0.15) is 27.7 Å². The molecule has 5 saturated heterocycles. The largest absolute Gasteiger partial charge is 0.394 e. The molecule has 22 heteroatoms. The van der Waals surface area contributed by atoms with Crippen molar-refractivity contribution < 1.29 is 109 Å². The molecule has 5 heterocycles. The molecule has 0 aromatic rings. The van der Waals surface area contributed by atoms with Gasteiger partial charge in [-0.15, -0.1) is 0 Å². The van der Waals surface area contributed by atoms with Crippen molar-refractivity contribution in [2.24, 2.45) is 0 Å². The molecule has 52 heavy (non-hydrogen) atoms. The van der Waals surface area contributed by atoms with Crippen molar-refractivity contribution in [3.05, 3.63) is 0 Å². The Labute approximate surface area is 297 Å². The van der Waals surface area contributed by atoms with Crippen LogP contribution in [0.2, 0.25) is 0 Å². The molecule has 22 nitrogen and oxygen atoms in total. The molecule has 5 rings (SSSR count). The van der Waals surface area contributed by atoms with Crippen molar-refractivity contribution in [1.29, 1.82) is 0 Å². The van der Waals surface area contributed by atoms with Gasteiger partial charge in [0, 0.05) is 0 Å². The predicted molar refractivity (Wildman–Crippen MR) is 161 cm³/mol. The maximum atomic E-state index is 11.3. The van der Waals surface area contributed by atoms with Crippen molar-refractivity contribution in [2.75, 3.05) is 6.61 Å². The lowest BCUT2D eigenvalue weighted by atomic mass is 9.95. The van der Waals surface area contributed by atoms with Crippen LogP contribution in [-0.4, -0.2) is 227 Å². The van der Waals surface area contributed by atoms with E-state index in [1.54, 1.807) is 0 Å². The topological polar surface area (TPSA) is 346 Å². The van der Waals surface area contributed by atoms with Crippen LogP contribution >= 0.6 is 0 Å². The number of hydrogen-bond acceptors (Lipinski definition) is 22. The Morgan fingerprint density at radius 1 is 0.346 bits per heavy atom. The highest BCUT2D eigenvalue weighted by Crippen LogP contribution is 2.35. The van der Waals surface area contributed by atoms with Gasteiger partial charge in [0.05, 0.1) is 31.0 Å². The zero-order valence-corrected chi connectivity index (χ0v) is 28.6. The third-order valence-corrected chi connectivity index (χ3v) is 10.2. The van der Waals surface area contributed by atoms with Crippen LogP contribution in [0, 0.1) is 0 Å². The molecule has 0 radical (unpaired) electrons. The molecule has 13 N–H and O–H groups in total. The summed E-state index contributed by atoms with van der Waals surface area (Å²) in [6.45, 7) is 4.79. The van der Waals surface area contributed by atoms with Gasteiger partial charge in [0.2, 0.25) is 0 Å². The first kappa shape index (κ1) is 42.3. The average Bonchev–Trinajstić information content (AvgIpc) is 3.11. The third kappa shape index (κ3) is 8.29. The zero-order chi connectivity index (χ0) is 38.5. The highest BCUT2D eigenvalue weighted by molar-refractivity contribution is 4.97. The van der Waals surface area contributed by atoms with Crippen LogP contribution in [0.3, 0.4) is 0 Å². The third-order valence-electron chi connectivity index (χ3n) is 10.2. The molecule has 0 aromatic carbocycles. The molecule has 0 amide bonds. The van der Waals surface area contributed by atoms with Crippen molar-refractivity contribution >= 4 is 0 Å². The van der Waals surface area contributed by atoms with Crippen LogP contribution in [-0.2, 0) is 42.6 Å². The number of rotatable bonds is 9. The summed E-state index contributed by atoms with van der Waals surface area (Å²) in [5.41, 5.74) is 0. The normalized spacial score (nSPS) is 56.4. The minimum absolute atomic E-state index is 0.775. The lowest BCUT2D eigenvalue weighted by Crippen LogP contribution is -2.67. The van der Waals surface area contributed by atoms with Crippen LogP contribution in [0.25, 0.3) is 0 Å². The minimum Gasteiger partial charge on any atom is -0.394 e. The number of hydrogen-bond donors (Lipinski definition) is 13. The van der Waals surface area contributed by atoms with Gasteiger partial charge in [0.1, 0.15) is 97.7 Å². The van der Waals surface area contributed by atoms with Crippen LogP contribution < -0.4 is 0 Å². The van der Waals surface area contributed by atoms with Crippen molar-refractivity contribution in [3.63, 3.8) is 0 Å². The molecule has 0 aliphatic carbocycles. The summed E-state index contributed by atoms with van der Waals surface area (Å²) in [5.74, 6) is 0. The fourth-order valence-corrected chi connectivity index (χ4v) is 6.79. The van der Waals surface area contributed by atoms with Gasteiger partial charge >= 0.3 is 0 Å². The monoisotopic (exact) mass is 764 g/mol. The van der Waals surface area contributed by atoms with Gasteiger partial charge in [-0.3, -0.25) is 0 Å². The Balaban J connectivity index is 1.28. The number of aliphatic hydroxyl groups is 13. The first-order valence-corrected chi connectivity index (χ1v) is 17.0. The van der Waals surface area contributed by atoms with Crippen molar-refractivity contribution in [1.82, 2.24) is 0 Å². The van der Waals surface area contributed by atoms with E-state index in [0.29, 0.717) is 0 Å². The summed E-state index contributed by atoms with van der Waals surface area (Å²) in [5, 5.41) is 137. The molecule has 0 saturated carbocycles. The van der Waals surface area contributed by atoms with Gasteiger partial charge in [0.15, 0.2) is 31.5 Å². The van der Waals surface area contributed by atoms with Gasteiger partial charge in [-0.2, -0.15) is 0 Å². The van der Waals surface area contributed by atoms with Crippen molar-refractivity contribution in [2.45, 2.75) is 181 Å². The van der Waals surface area contributed by atoms with Gasteiger partial charge in [-0.25, -0.2) is 0 Å². The molecule has 5 aliphatic rings. The molecule has 0 unspecified atom stereocenters. The molecule has 0 spiro atoms. The molecule has 25 atom stereocenters. The Morgan fingerprint density at radius 2 is 0.673 bits per heavy atom. The quantitative estimate of drug-likeness (QED) is 0.104. The molecule has 0 aromatic heterocycles. The molecule has 0 bridgehead atoms. The lowest BCUT2D eigenvalue weighted by Gasteiger charge is -2.49. The van der Waals surface area contributed by atoms with Crippen molar-refractivity contribution in [3.8, 4) is 0 Å². The first-order valence-electron chi connectivity index (χ1n) is 17.0. The average molecular weight is 765 g/mol. The minimum atomic E-state index is -1.91. The smallest absolute Gasteiger partial charge is 0.187 e. The Morgan fingerprint density at radius 3 is 1.04 bits per heavy atom. The first-order chi connectivity index (χ1) is 24.4. The van der Waals surface area contributed by atoms with Crippen LogP contribution in [0.15, 0.2) is 0 Å². The number of aliphatic hydroxyl groups excluding tert-OH is 13. The fraction of sp³-hybridized carbons (Fsp3) is 1.00. The second kappa shape index (κ2) is 17.1. The van der Waals surface area contributed by atoms with E-state index in [0.717, 1.165) is 0 Å². The van der Waals surface area contributed by atoms with Gasteiger partial charge in [0.25, 0.3) is 0 Å². The van der Waals surface area contributed by atoms with E-state index in [9.17, 15) is 66.4 Å². The van der Waals surface area contributed by atoms with E-state index in [1.807, 2.05) is 0 Å². The number of ether oxygens (including phenoxy) is 9. The van der Waals surface area contributed by atoms with Gasteiger partial charge < -0.3 is 109 Å². The van der Waals surface area contributed by atoms with Crippen LogP contribution in [0.5, 0.6) is 0 Å². The van der Waals surface area contributed by atoms with E-state index in [4.69, 9.17) is 42.6 Å². The summed E-state index contributed by atoms with van der Waals surface area (Å²) in [6, 6.07) is 0. The molecular formula is C30H52O22. The van der Waals surface area contributed by atoms with Gasteiger partial charge in [-0.1, -0.05) is 0 Å². The summed E-state index contributed by atoms with van der Waals surface area (Å²) >= 11 is 0. The highest BCUT2D eigenvalue weighted by Gasteiger charge is 2.55. The molecule has 304 valence electrons. The van der Waals surface area contributed by atoms with Crippen LogP contribution in [0.4, 0.5) is 0 Å². The SMILES string of the molecule is C[C@@H]1O[C@@H](O[C@@H]2[C@@H](O)[C@H](C)O[C@@H](O[C@@H]3[C@@H](O)[C@H](C)O[C@@H](O[C@@H]4[C@@H](O)[C@H](C)O[C@@H](O[C@H]5[C@H](O)[C@@H](O)[C@H](O)O[C@@H]5CO)[C@@H]4O)[C@@H]3O)[C@@H]2O)[C@H](O)[C@H](O)[C@H]1O. The Bertz CT molecular complexity index is 1140. The predicted octanol–water partition coefficient (Wildman–Crippen LogP) is -7.81. The molecule has 5 aliphatic heterocycles. The molecular weight excluding hydrogens is 712 g/mol. The maximum Gasteiger partial charge on any atom is 0.187 e. The van der Waals surface area contributed by atoms with Gasteiger partial charge in [-0.05, 0) is 27.7 Å².